The van der Waals surface area contributed by atoms with Crippen molar-refractivity contribution in [3.05, 3.63) is 0 Å². The molecule has 0 spiro atoms. The van der Waals surface area contributed by atoms with Crippen molar-refractivity contribution < 1.29 is 15.0 Å². The minimum Gasteiger partial charge on any atom is -0.481 e. The van der Waals surface area contributed by atoms with E-state index in [2.05, 4.69) is 4.90 Å². The number of nitrogens with zero attached hydrogens (tertiary/aromatic N) is 1. The van der Waals surface area contributed by atoms with Crippen LogP contribution in [0.15, 0.2) is 0 Å². The van der Waals surface area contributed by atoms with Gasteiger partial charge < -0.3 is 15.1 Å². The van der Waals surface area contributed by atoms with Crippen LogP contribution in [0.1, 0.15) is 39.5 Å². The minimum atomic E-state index is -0.740. The molecular weight excluding hydrogens is 194 g/mol. The van der Waals surface area contributed by atoms with Gasteiger partial charge in [-0.25, -0.2) is 0 Å². The summed E-state index contributed by atoms with van der Waals surface area (Å²) in [5.74, 6) is -0.740. The highest BCUT2D eigenvalue weighted by Gasteiger charge is 2.14. The lowest BCUT2D eigenvalue weighted by molar-refractivity contribution is -0.138. The summed E-state index contributed by atoms with van der Waals surface area (Å²) in [4.78, 5) is 12.7. The zero-order chi connectivity index (χ0) is 11.7. The molecule has 4 heteroatoms. The molecule has 0 aliphatic rings. The molecular formula is C11H23NO3. The Kier molecular flexibility index (Phi) is 8.33. The van der Waals surface area contributed by atoms with Gasteiger partial charge in [-0.2, -0.15) is 0 Å². The lowest BCUT2D eigenvalue weighted by Gasteiger charge is -2.26. The summed E-state index contributed by atoms with van der Waals surface area (Å²) in [5, 5.41) is 17.3. The monoisotopic (exact) mass is 217 g/mol. The Bertz CT molecular complexity index is 173. The number of aliphatic hydroxyl groups is 1. The molecule has 0 aromatic rings. The Morgan fingerprint density at radius 3 is 2.47 bits per heavy atom. The fourth-order valence-corrected chi connectivity index (χ4v) is 1.68. The van der Waals surface area contributed by atoms with Crippen molar-refractivity contribution >= 4 is 5.97 Å². The second kappa shape index (κ2) is 8.68. The Morgan fingerprint density at radius 2 is 2.00 bits per heavy atom. The van der Waals surface area contributed by atoms with Crippen molar-refractivity contribution in [2.45, 2.75) is 45.6 Å². The van der Waals surface area contributed by atoms with E-state index in [1.54, 1.807) is 0 Å². The highest BCUT2D eigenvalue weighted by Crippen LogP contribution is 2.06. The molecule has 0 bridgehead atoms. The summed E-state index contributed by atoms with van der Waals surface area (Å²) in [6, 6.07) is 0.0987. The fourth-order valence-electron chi connectivity index (χ4n) is 1.68. The van der Waals surface area contributed by atoms with Crippen LogP contribution in [-0.4, -0.2) is 46.8 Å². The van der Waals surface area contributed by atoms with Gasteiger partial charge in [0.2, 0.25) is 0 Å². The number of carbonyl (C=O) groups is 1. The van der Waals surface area contributed by atoms with Gasteiger partial charge in [0.15, 0.2) is 0 Å². The lowest BCUT2D eigenvalue weighted by atomic mass is 10.1. The molecule has 0 amide bonds. The first-order chi connectivity index (χ1) is 7.11. The van der Waals surface area contributed by atoms with Crippen molar-refractivity contribution in [2.24, 2.45) is 0 Å². The number of aliphatic carboxylic acids is 1. The van der Waals surface area contributed by atoms with Gasteiger partial charge in [-0.3, -0.25) is 4.79 Å². The average Bonchev–Trinajstić information content (AvgIpc) is 2.16. The fraction of sp³-hybridized carbons (Fsp3) is 0.909. The highest BCUT2D eigenvalue weighted by molar-refractivity contribution is 5.67. The molecule has 0 saturated heterocycles. The van der Waals surface area contributed by atoms with Crippen LogP contribution in [0.2, 0.25) is 0 Å². The smallest absolute Gasteiger partial charge is 0.304 e. The molecule has 15 heavy (non-hydrogen) atoms. The van der Waals surface area contributed by atoms with E-state index in [9.17, 15) is 4.79 Å². The number of hydrogen-bond acceptors (Lipinski definition) is 3. The van der Waals surface area contributed by atoms with Crippen LogP contribution >= 0.6 is 0 Å². The molecule has 2 N–H and O–H groups in total. The van der Waals surface area contributed by atoms with Crippen LogP contribution in [0.4, 0.5) is 0 Å². The summed E-state index contributed by atoms with van der Waals surface area (Å²) in [7, 11) is 0. The lowest BCUT2D eigenvalue weighted by Crippen LogP contribution is -2.35. The van der Waals surface area contributed by atoms with Crippen LogP contribution in [-0.2, 0) is 4.79 Å². The summed E-state index contributed by atoms with van der Waals surface area (Å²) in [6.07, 6.45) is 3.07. The minimum absolute atomic E-state index is 0.0987. The summed E-state index contributed by atoms with van der Waals surface area (Å²) in [5.41, 5.74) is 0. The largest absolute Gasteiger partial charge is 0.481 e. The quantitative estimate of drug-likeness (QED) is 0.572. The molecule has 0 radical (unpaired) electrons. The second-order valence-corrected chi connectivity index (χ2v) is 3.86. The maximum absolute atomic E-state index is 10.5. The first-order valence-electron chi connectivity index (χ1n) is 5.68. The van der Waals surface area contributed by atoms with Crippen LogP contribution in [0.5, 0.6) is 0 Å². The summed E-state index contributed by atoms with van der Waals surface area (Å²) in [6.45, 7) is 6.05. The number of carboxylic acid groups (broad SMARTS) is 1. The SMILES string of the molecule is CCN(CCCCCO)C(C)CC(=O)O. The van der Waals surface area contributed by atoms with E-state index < -0.39 is 5.97 Å². The Morgan fingerprint density at radius 1 is 1.33 bits per heavy atom. The molecule has 0 aromatic heterocycles. The van der Waals surface area contributed by atoms with Gasteiger partial charge in [-0.15, -0.1) is 0 Å². The van der Waals surface area contributed by atoms with E-state index >= 15 is 0 Å². The second-order valence-electron chi connectivity index (χ2n) is 3.86. The van der Waals surface area contributed by atoms with Crippen molar-refractivity contribution in [1.29, 1.82) is 0 Å². The Labute approximate surface area is 91.9 Å². The number of hydrogen-bond donors (Lipinski definition) is 2. The van der Waals surface area contributed by atoms with Crippen molar-refractivity contribution in [1.82, 2.24) is 4.90 Å². The molecule has 4 nitrogen and oxygen atoms in total. The van der Waals surface area contributed by atoms with E-state index in [0.717, 1.165) is 32.4 Å². The van der Waals surface area contributed by atoms with Crippen molar-refractivity contribution in [3.8, 4) is 0 Å². The van der Waals surface area contributed by atoms with Gasteiger partial charge in [-0.1, -0.05) is 6.92 Å². The topological polar surface area (TPSA) is 60.8 Å². The molecule has 0 fully saturated rings. The molecule has 0 aliphatic heterocycles. The van der Waals surface area contributed by atoms with E-state index in [-0.39, 0.29) is 19.1 Å². The third-order valence-electron chi connectivity index (χ3n) is 2.60. The summed E-state index contributed by atoms with van der Waals surface area (Å²) >= 11 is 0. The number of aliphatic hydroxyl groups excluding tert-OH is 1. The molecule has 1 unspecified atom stereocenters. The first kappa shape index (κ1) is 14.4. The average molecular weight is 217 g/mol. The maximum Gasteiger partial charge on any atom is 0.304 e. The maximum atomic E-state index is 10.5. The highest BCUT2D eigenvalue weighted by atomic mass is 16.4. The van der Waals surface area contributed by atoms with Gasteiger partial charge in [0.1, 0.15) is 0 Å². The predicted molar refractivity (Wildman–Crippen MR) is 59.9 cm³/mol. The standard InChI is InChI=1S/C11H23NO3/c1-3-12(7-5-4-6-8-13)10(2)9-11(14)15/h10,13H,3-9H2,1-2H3,(H,14,15). The third-order valence-corrected chi connectivity index (χ3v) is 2.60. The van der Waals surface area contributed by atoms with Crippen molar-refractivity contribution in [3.63, 3.8) is 0 Å². The van der Waals surface area contributed by atoms with Gasteiger partial charge in [0, 0.05) is 12.6 Å². The van der Waals surface area contributed by atoms with Crippen LogP contribution in [0.3, 0.4) is 0 Å². The molecule has 0 saturated carbocycles. The van der Waals surface area contributed by atoms with Gasteiger partial charge >= 0.3 is 5.97 Å². The zero-order valence-corrected chi connectivity index (χ0v) is 9.78. The molecule has 0 heterocycles. The number of rotatable bonds is 9. The van der Waals surface area contributed by atoms with Gasteiger partial charge in [0.05, 0.1) is 6.42 Å². The summed E-state index contributed by atoms with van der Waals surface area (Å²) < 4.78 is 0. The molecule has 90 valence electrons. The van der Waals surface area contributed by atoms with Crippen LogP contribution in [0.25, 0.3) is 0 Å². The normalized spacial score (nSPS) is 13.1. The van der Waals surface area contributed by atoms with Crippen molar-refractivity contribution in [2.75, 3.05) is 19.7 Å². The van der Waals surface area contributed by atoms with Gasteiger partial charge in [0.25, 0.3) is 0 Å². The zero-order valence-electron chi connectivity index (χ0n) is 9.78. The molecule has 0 rings (SSSR count). The third kappa shape index (κ3) is 7.33. The Hall–Kier alpha value is -0.610. The molecule has 0 aliphatic carbocycles. The predicted octanol–water partition coefficient (Wildman–Crippen LogP) is 1.33. The molecule has 1 atom stereocenters. The number of carboxylic acids is 1. The van der Waals surface area contributed by atoms with E-state index in [0.29, 0.717) is 0 Å². The van der Waals surface area contributed by atoms with E-state index in [1.807, 2.05) is 13.8 Å². The molecule has 0 aromatic carbocycles. The first-order valence-corrected chi connectivity index (χ1v) is 5.68. The van der Waals surface area contributed by atoms with E-state index in [1.165, 1.54) is 0 Å². The van der Waals surface area contributed by atoms with Crippen LogP contribution < -0.4 is 0 Å². The Balaban J connectivity index is 3.74. The van der Waals surface area contributed by atoms with E-state index in [4.69, 9.17) is 10.2 Å². The van der Waals surface area contributed by atoms with Gasteiger partial charge in [-0.05, 0) is 39.3 Å². The number of unbranched alkanes of at least 4 members (excludes halogenated alkanes) is 2. The van der Waals surface area contributed by atoms with Crippen LogP contribution in [0, 0.1) is 0 Å².